The summed E-state index contributed by atoms with van der Waals surface area (Å²) in [4.78, 5) is 22.2. The number of benzene rings is 2. The second kappa shape index (κ2) is 17.3. The molecular weight excluding hydrogens is 492 g/mol. The van der Waals surface area contributed by atoms with Crippen LogP contribution in [0.4, 0.5) is 16.2 Å². The fraction of sp³-hybridized carbons (Fsp3) is 0.367. The molecule has 2 aromatic carbocycles. The van der Waals surface area contributed by atoms with Gasteiger partial charge in [-0.1, -0.05) is 50.5 Å². The molecule has 6 N–H and O–H groups in total. The number of terminal acetylenes is 1. The van der Waals surface area contributed by atoms with Crippen molar-refractivity contribution in [3.8, 4) is 24.3 Å². The van der Waals surface area contributed by atoms with Gasteiger partial charge in [0.05, 0.1) is 0 Å². The summed E-state index contributed by atoms with van der Waals surface area (Å²) >= 11 is 0. The molecule has 0 spiro atoms. The molecule has 0 aromatic heterocycles. The zero-order valence-corrected chi connectivity index (χ0v) is 23.6. The first-order valence-corrected chi connectivity index (χ1v) is 12.9. The molecule has 9 nitrogen and oxygen atoms in total. The number of urea groups is 1. The third kappa shape index (κ3) is 10.2. The lowest BCUT2D eigenvalue weighted by molar-refractivity contribution is 0.248. The normalized spacial score (nSPS) is 15.9. The Kier molecular flexibility index (Phi) is 14.5. The van der Waals surface area contributed by atoms with Gasteiger partial charge in [0.15, 0.2) is 0 Å². The van der Waals surface area contributed by atoms with E-state index in [0.717, 1.165) is 23.0 Å². The maximum atomic E-state index is 12.5. The van der Waals surface area contributed by atoms with E-state index in [-0.39, 0.29) is 29.6 Å². The number of carbonyl (C=O) groups is 1. The molecule has 1 heterocycles. The van der Waals surface area contributed by atoms with E-state index < -0.39 is 6.03 Å². The monoisotopic (exact) mass is 534 g/mol. The molecule has 1 saturated heterocycles. The van der Waals surface area contributed by atoms with Crippen molar-refractivity contribution in [3.05, 3.63) is 59.8 Å². The summed E-state index contributed by atoms with van der Waals surface area (Å²) in [5.41, 5.74) is 8.09. The third-order valence-corrected chi connectivity index (χ3v) is 5.80. The predicted octanol–water partition coefficient (Wildman–Crippen LogP) is 5.40. The molecule has 210 valence electrons. The van der Waals surface area contributed by atoms with Crippen molar-refractivity contribution in [3.63, 3.8) is 0 Å². The van der Waals surface area contributed by atoms with Crippen LogP contribution in [0.1, 0.15) is 45.6 Å². The van der Waals surface area contributed by atoms with Crippen LogP contribution < -0.4 is 21.3 Å². The molecule has 0 saturated carbocycles. The van der Waals surface area contributed by atoms with Gasteiger partial charge < -0.3 is 26.6 Å². The Balaban J connectivity index is 0.000000654. The van der Waals surface area contributed by atoms with Crippen LogP contribution >= 0.6 is 0 Å². The van der Waals surface area contributed by atoms with E-state index in [1.165, 1.54) is 50.1 Å². The maximum Gasteiger partial charge on any atom is 0.328 e. The number of nitrogens with one attached hydrogen (secondary N) is 2. The number of aromatic hydroxyl groups is 2. The van der Waals surface area contributed by atoms with E-state index in [0.29, 0.717) is 11.4 Å². The highest BCUT2D eigenvalue weighted by Crippen LogP contribution is 2.37. The Bertz CT molecular complexity index is 1150. The molecule has 1 atom stereocenters. The first-order chi connectivity index (χ1) is 18.7. The number of unbranched alkanes of at least 4 members (excludes halogenated alkanes) is 1. The number of hydrogen-bond donors (Lipinski definition) is 5. The van der Waals surface area contributed by atoms with E-state index in [1.807, 2.05) is 38.1 Å². The number of nitrogens with zero attached hydrogens (tertiary/aromatic N) is 3. The van der Waals surface area contributed by atoms with E-state index >= 15 is 0 Å². The Morgan fingerprint density at radius 1 is 1.21 bits per heavy atom. The number of phenols is 2. The number of amides is 2. The second-order valence-corrected chi connectivity index (χ2v) is 9.03. The summed E-state index contributed by atoms with van der Waals surface area (Å²) in [5, 5.41) is 26.2. The number of anilines is 2. The third-order valence-electron chi connectivity index (χ3n) is 5.80. The fourth-order valence-corrected chi connectivity index (χ4v) is 3.60. The van der Waals surface area contributed by atoms with Crippen LogP contribution in [0.3, 0.4) is 0 Å². The molecule has 0 bridgehead atoms. The summed E-state index contributed by atoms with van der Waals surface area (Å²) in [5.74, 6) is 1.21. The van der Waals surface area contributed by atoms with E-state index in [2.05, 4.69) is 47.3 Å². The minimum Gasteiger partial charge on any atom is -0.506 e. The first-order valence-electron chi connectivity index (χ1n) is 12.9. The number of para-hydroxylation sites is 1. The summed E-state index contributed by atoms with van der Waals surface area (Å²) in [6.45, 7) is 9.33. The highest BCUT2D eigenvalue weighted by Gasteiger charge is 2.32. The largest absolute Gasteiger partial charge is 0.506 e. The molecule has 1 aliphatic heterocycles. The average Bonchev–Trinajstić information content (AvgIpc) is 2.94. The molecular formula is C30H42N6O3. The molecule has 1 aliphatic rings. The van der Waals surface area contributed by atoms with Gasteiger partial charge in [0.1, 0.15) is 28.9 Å². The van der Waals surface area contributed by atoms with Crippen molar-refractivity contribution >= 4 is 29.1 Å². The molecule has 3 rings (SSSR count). The van der Waals surface area contributed by atoms with Crippen molar-refractivity contribution in [1.82, 2.24) is 5.32 Å². The van der Waals surface area contributed by atoms with Crippen molar-refractivity contribution in [2.75, 3.05) is 30.4 Å². The zero-order valence-electron chi connectivity index (χ0n) is 23.6. The maximum absolute atomic E-state index is 12.5. The molecule has 1 unspecified atom stereocenters. The number of carbonyl (C=O) groups excluding carboxylic acids is 1. The quantitative estimate of drug-likeness (QED) is 0.184. The zero-order chi connectivity index (χ0) is 29.4. The van der Waals surface area contributed by atoms with Crippen molar-refractivity contribution in [2.45, 2.75) is 47.0 Å². The SMILES string of the molecule is C#C.CCCCC(C)CN.CN=C1/C(=C/N=C(C)Nc2ccc(C)cc2)CNC(=O)N1c1c(O)cccc1O. The van der Waals surface area contributed by atoms with E-state index in [1.54, 1.807) is 6.20 Å². The van der Waals surface area contributed by atoms with Crippen LogP contribution in [-0.4, -0.2) is 48.1 Å². The van der Waals surface area contributed by atoms with Crippen LogP contribution in [-0.2, 0) is 0 Å². The van der Waals surface area contributed by atoms with Gasteiger partial charge in [-0.25, -0.2) is 14.7 Å². The number of hydrogen-bond acceptors (Lipinski definition) is 6. The number of amidine groups is 2. The van der Waals surface area contributed by atoms with Gasteiger partial charge in [0, 0.05) is 31.1 Å². The molecule has 9 heteroatoms. The highest BCUT2D eigenvalue weighted by atomic mass is 16.3. The number of nitrogens with two attached hydrogens (primary N) is 1. The number of rotatable bonds is 7. The minimum atomic E-state index is -0.502. The summed E-state index contributed by atoms with van der Waals surface area (Å²) in [6.07, 6.45) is 13.5. The smallest absolute Gasteiger partial charge is 0.328 e. The van der Waals surface area contributed by atoms with Crippen molar-refractivity contribution < 1.29 is 15.0 Å². The highest BCUT2D eigenvalue weighted by molar-refractivity contribution is 6.26. The van der Waals surface area contributed by atoms with Crippen molar-refractivity contribution in [1.29, 1.82) is 0 Å². The van der Waals surface area contributed by atoms with E-state index in [9.17, 15) is 15.0 Å². The van der Waals surface area contributed by atoms with Gasteiger partial charge in [0.25, 0.3) is 0 Å². The van der Waals surface area contributed by atoms with Crippen LogP contribution in [0.5, 0.6) is 11.5 Å². The lowest BCUT2D eigenvalue weighted by atomic mass is 10.1. The van der Waals surface area contributed by atoms with E-state index in [4.69, 9.17) is 5.73 Å². The molecule has 0 aliphatic carbocycles. The van der Waals surface area contributed by atoms with Gasteiger partial charge >= 0.3 is 6.03 Å². The predicted molar refractivity (Wildman–Crippen MR) is 163 cm³/mol. The topological polar surface area (TPSA) is 136 Å². The Hall–Kier alpha value is -4.29. The number of aryl methyl sites for hydroxylation is 1. The second-order valence-electron chi connectivity index (χ2n) is 9.03. The van der Waals surface area contributed by atoms with Gasteiger partial charge in [-0.15, -0.1) is 12.8 Å². The van der Waals surface area contributed by atoms with Gasteiger partial charge in [-0.2, -0.15) is 0 Å². The van der Waals surface area contributed by atoms with Crippen LogP contribution in [0.15, 0.2) is 64.2 Å². The Morgan fingerprint density at radius 3 is 2.36 bits per heavy atom. The summed E-state index contributed by atoms with van der Waals surface area (Å²) in [7, 11) is 1.53. The van der Waals surface area contributed by atoms with Crippen molar-refractivity contribution in [2.24, 2.45) is 21.6 Å². The van der Waals surface area contributed by atoms with Crippen LogP contribution in [0.2, 0.25) is 0 Å². The summed E-state index contributed by atoms with van der Waals surface area (Å²) < 4.78 is 0. The van der Waals surface area contributed by atoms with Crippen LogP contribution in [0, 0.1) is 25.7 Å². The standard InChI is InChI=1S/C21H23N5O3.C7H17N.C2H2/c1-13-7-9-16(10-8-13)25-14(2)23-11-15-12-24-21(29)26(20(15)22-3)19-17(27)5-4-6-18(19)28;1-3-4-5-7(2)6-8;1-2/h4-11,27-28H,12H2,1-3H3,(H,23,25)(H,24,29);7H,3-6,8H2,1-2H3;1-2H/b15-11+,22-20?;;. The molecule has 2 amide bonds. The fourth-order valence-electron chi connectivity index (χ4n) is 3.60. The van der Waals surface area contributed by atoms with Gasteiger partial charge in [-0.05, 0) is 57.0 Å². The molecule has 2 aromatic rings. The van der Waals surface area contributed by atoms with Gasteiger partial charge in [0.2, 0.25) is 0 Å². The lowest BCUT2D eigenvalue weighted by Gasteiger charge is -2.31. The number of aliphatic imine (C=N–C) groups is 2. The lowest BCUT2D eigenvalue weighted by Crippen LogP contribution is -2.51. The molecule has 1 fully saturated rings. The van der Waals surface area contributed by atoms with Gasteiger partial charge in [-0.3, -0.25) is 4.99 Å². The minimum absolute atomic E-state index is 0.0327. The number of phenolic OH excluding ortho intramolecular Hbond substituents is 2. The Morgan fingerprint density at radius 2 is 1.82 bits per heavy atom. The molecule has 0 radical (unpaired) electrons. The average molecular weight is 535 g/mol. The van der Waals surface area contributed by atoms with Crippen LogP contribution in [0.25, 0.3) is 0 Å². The molecule has 39 heavy (non-hydrogen) atoms. The summed E-state index contributed by atoms with van der Waals surface area (Å²) in [6, 6.07) is 11.7. The first kappa shape index (κ1) is 32.7. The Labute approximate surface area is 232 Å².